The van der Waals surface area contributed by atoms with Crippen LogP contribution in [-0.2, 0) is 0 Å². The van der Waals surface area contributed by atoms with Crippen molar-refractivity contribution in [1.29, 1.82) is 0 Å². The Morgan fingerprint density at radius 3 is 2.85 bits per heavy atom. The minimum atomic E-state index is 0.504. The Balaban J connectivity index is 2.46. The van der Waals surface area contributed by atoms with Gasteiger partial charge in [0.25, 0.3) is 5.89 Å². The van der Waals surface area contributed by atoms with Gasteiger partial charge in [-0.3, -0.25) is 0 Å². The summed E-state index contributed by atoms with van der Waals surface area (Å²) in [7, 11) is 0. The van der Waals surface area contributed by atoms with E-state index >= 15 is 0 Å². The van der Waals surface area contributed by atoms with E-state index in [-0.39, 0.29) is 0 Å². The SMILES string of the molecule is [CH]c1cccc(-c2nc(C)no2)c1. The summed E-state index contributed by atoms with van der Waals surface area (Å²) in [6.45, 7) is 7.39. The van der Waals surface area contributed by atoms with Crippen molar-refractivity contribution in [2.45, 2.75) is 6.92 Å². The highest BCUT2D eigenvalue weighted by molar-refractivity contribution is 5.54. The molecule has 2 radical (unpaired) electrons. The van der Waals surface area contributed by atoms with Crippen molar-refractivity contribution in [3.63, 3.8) is 0 Å². The van der Waals surface area contributed by atoms with Crippen LogP contribution in [0.4, 0.5) is 0 Å². The summed E-state index contributed by atoms with van der Waals surface area (Å²) in [5.41, 5.74) is 1.54. The molecule has 0 unspecified atom stereocenters. The zero-order valence-electron chi connectivity index (χ0n) is 7.19. The van der Waals surface area contributed by atoms with Gasteiger partial charge in [0.1, 0.15) is 0 Å². The Morgan fingerprint density at radius 2 is 2.23 bits per heavy atom. The van der Waals surface area contributed by atoms with Crippen LogP contribution in [0.5, 0.6) is 0 Å². The van der Waals surface area contributed by atoms with E-state index in [0.29, 0.717) is 17.3 Å². The van der Waals surface area contributed by atoms with Crippen LogP contribution < -0.4 is 0 Å². The lowest BCUT2D eigenvalue weighted by molar-refractivity contribution is 0.425. The van der Waals surface area contributed by atoms with E-state index in [1.54, 1.807) is 13.0 Å². The van der Waals surface area contributed by atoms with Crippen LogP contribution in [0.3, 0.4) is 0 Å². The van der Waals surface area contributed by atoms with E-state index in [2.05, 4.69) is 10.1 Å². The number of aromatic nitrogens is 2. The summed E-state index contributed by atoms with van der Waals surface area (Å²) >= 11 is 0. The molecule has 0 saturated carbocycles. The third-order valence-electron chi connectivity index (χ3n) is 1.66. The highest BCUT2D eigenvalue weighted by Crippen LogP contribution is 2.17. The topological polar surface area (TPSA) is 38.9 Å². The van der Waals surface area contributed by atoms with E-state index in [0.717, 1.165) is 5.56 Å². The molecule has 1 aromatic carbocycles. The fourth-order valence-electron chi connectivity index (χ4n) is 1.09. The molecule has 1 heterocycles. The van der Waals surface area contributed by atoms with Crippen LogP contribution in [-0.4, -0.2) is 10.1 Å². The van der Waals surface area contributed by atoms with Gasteiger partial charge >= 0.3 is 0 Å². The van der Waals surface area contributed by atoms with Gasteiger partial charge in [-0.25, -0.2) is 0 Å². The normalized spacial score (nSPS) is 10.3. The van der Waals surface area contributed by atoms with Crippen molar-refractivity contribution >= 4 is 0 Å². The zero-order chi connectivity index (χ0) is 9.26. The van der Waals surface area contributed by atoms with Crippen molar-refractivity contribution in [2.24, 2.45) is 0 Å². The lowest BCUT2D eigenvalue weighted by Gasteiger charge is -1.94. The van der Waals surface area contributed by atoms with Crippen LogP contribution in [0.2, 0.25) is 0 Å². The predicted molar refractivity (Wildman–Crippen MR) is 47.9 cm³/mol. The van der Waals surface area contributed by atoms with E-state index in [4.69, 9.17) is 11.4 Å². The van der Waals surface area contributed by atoms with Gasteiger partial charge in [-0.2, -0.15) is 4.98 Å². The lowest BCUT2D eigenvalue weighted by Crippen LogP contribution is -1.79. The van der Waals surface area contributed by atoms with Gasteiger partial charge in [-0.15, -0.1) is 0 Å². The van der Waals surface area contributed by atoms with Gasteiger partial charge in [0.05, 0.1) is 0 Å². The van der Waals surface area contributed by atoms with E-state index in [9.17, 15) is 0 Å². The van der Waals surface area contributed by atoms with Gasteiger partial charge in [0, 0.05) is 5.56 Å². The first-order chi connectivity index (χ1) is 6.25. The van der Waals surface area contributed by atoms with Crippen LogP contribution >= 0.6 is 0 Å². The highest BCUT2D eigenvalue weighted by atomic mass is 16.5. The van der Waals surface area contributed by atoms with Crippen molar-refractivity contribution in [1.82, 2.24) is 10.1 Å². The number of aryl methyl sites for hydroxylation is 1. The van der Waals surface area contributed by atoms with Crippen molar-refractivity contribution in [2.75, 3.05) is 0 Å². The predicted octanol–water partition coefficient (Wildman–Crippen LogP) is 2.10. The van der Waals surface area contributed by atoms with Crippen LogP contribution in [0, 0.1) is 13.8 Å². The van der Waals surface area contributed by atoms with E-state index in [1.165, 1.54) is 0 Å². The van der Waals surface area contributed by atoms with Crippen molar-refractivity contribution < 1.29 is 4.52 Å². The molecule has 0 atom stereocenters. The second-order valence-corrected chi connectivity index (χ2v) is 2.77. The monoisotopic (exact) mass is 172 g/mol. The van der Waals surface area contributed by atoms with Gasteiger partial charge in [0.2, 0.25) is 0 Å². The average Bonchev–Trinajstić information content (AvgIpc) is 2.52. The van der Waals surface area contributed by atoms with Gasteiger partial charge in [-0.1, -0.05) is 17.3 Å². The highest BCUT2D eigenvalue weighted by Gasteiger charge is 2.04. The molecule has 0 fully saturated rings. The number of hydrogen-bond acceptors (Lipinski definition) is 3. The first-order valence-electron chi connectivity index (χ1n) is 3.92. The summed E-state index contributed by atoms with van der Waals surface area (Å²) in [6.07, 6.45) is 0. The Kier molecular flexibility index (Phi) is 1.85. The fraction of sp³-hybridized carbons (Fsp3) is 0.100. The summed E-state index contributed by atoms with van der Waals surface area (Å²) < 4.78 is 4.99. The molecule has 0 saturated heterocycles. The second-order valence-electron chi connectivity index (χ2n) is 2.77. The van der Waals surface area contributed by atoms with Crippen molar-refractivity contribution in [3.05, 3.63) is 42.6 Å². The maximum Gasteiger partial charge on any atom is 0.257 e. The molecule has 3 nitrogen and oxygen atoms in total. The van der Waals surface area contributed by atoms with Crippen molar-refractivity contribution in [3.8, 4) is 11.5 Å². The third-order valence-corrected chi connectivity index (χ3v) is 1.66. The Labute approximate surface area is 76.4 Å². The molecule has 2 aromatic rings. The first kappa shape index (κ1) is 7.98. The summed E-state index contributed by atoms with van der Waals surface area (Å²) in [4.78, 5) is 4.09. The van der Waals surface area contributed by atoms with Crippen LogP contribution in [0.15, 0.2) is 28.8 Å². The molecule has 0 aliphatic rings. The fourth-order valence-corrected chi connectivity index (χ4v) is 1.09. The molecule has 3 heteroatoms. The average molecular weight is 172 g/mol. The molecule has 0 aliphatic carbocycles. The number of hydrogen-bond donors (Lipinski definition) is 0. The molecular formula is C10H8N2O. The van der Waals surface area contributed by atoms with E-state index in [1.807, 2.05) is 18.2 Å². The molecule has 2 rings (SSSR count). The quantitative estimate of drug-likeness (QED) is 0.661. The molecule has 0 bridgehead atoms. The Hall–Kier alpha value is -1.64. The summed E-state index contributed by atoms with van der Waals surface area (Å²) in [5, 5.41) is 3.70. The molecule has 0 spiro atoms. The Bertz CT molecular complexity index is 420. The van der Waals surface area contributed by atoms with Gasteiger partial charge in [0.15, 0.2) is 5.82 Å². The third kappa shape index (κ3) is 1.59. The first-order valence-corrected chi connectivity index (χ1v) is 3.92. The number of nitrogens with zero attached hydrogens (tertiary/aromatic N) is 2. The lowest BCUT2D eigenvalue weighted by atomic mass is 10.1. The minimum Gasteiger partial charge on any atom is -0.334 e. The summed E-state index contributed by atoms with van der Waals surface area (Å²) in [6, 6.07) is 7.34. The largest absolute Gasteiger partial charge is 0.334 e. The second kappa shape index (κ2) is 3.01. The van der Waals surface area contributed by atoms with Crippen LogP contribution in [0.1, 0.15) is 11.4 Å². The molecule has 64 valence electrons. The molecule has 0 amide bonds. The minimum absolute atomic E-state index is 0.504. The summed E-state index contributed by atoms with van der Waals surface area (Å²) in [5.74, 6) is 1.13. The van der Waals surface area contributed by atoms with Crippen LogP contribution in [0.25, 0.3) is 11.5 Å². The standard InChI is InChI=1S/C10H8N2O/c1-7-4-3-5-9(6-7)10-11-8(2)12-13-10/h1,3-6H,2H3. The maximum atomic E-state index is 5.61. The number of rotatable bonds is 1. The van der Waals surface area contributed by atoms with E-state index < -0.39 is 0 Å². The zero-order valence-corrected chi connectivity index (χ0v) is 7.19. The number of benzene rings is 1. The Morgan fingerprint density at radius 1 is 1.38 bits per heavy atom. The van der Waals surface area contributed by atoms with Gasteiger partial charge in [-0.05, 0) is 31.5 Å². The molecule has 13 heavy (non-hydrogen) atoms. The molecular weight excluding hydrogens is 164 g/mol. The maximum absolute atomic E-state index is 5.61. The molecule has 0 aliphatic heterocycles. The molecule has 0 N–H and O–H groups in total. The van der Waals surface area contributed by atoms with Gasteiger partial charge < -0.3 is 4.52 Å². The molecule has 1 aromatic heterocycles. The smallest absolute Gasteiger partial charge is 0.257 e.